The fraction of sp³-hybridized carbons (Fsp3) is 0.317. The number of fused-ring (bicyclic) bond motifs is 3. The van der Waals surface area contributed by atoms with Crippen molar-refractivity contribution in [3.63, 3.8) is 0 Å². The van der Waals surface area contributed by atoms with Gasteiger partial charge in [-0.25, -0.2) is 4.39 Å². The van der Waals surface area contributed by atoms with Crippen LogP contribution >= 0.6 is 0 Å². The Labute approximate surface area is 293 Å². The standard InChI is InChI=1S/C23H19FNO.C18H24NSi.Ir/c24-18-6-7-19-20-13-17(5-8-22(20)26-23(19)14-18)21-12-16(9-10-25-21)11-15-3-1-2-4-15;1-14(2)11-16-12-17(15-9-7-6-8-10-15)19-13-18(16)20(3,4)5;/h6-10,12-15H,1-4,11H2;6-9,12-14H,11H2,1-5H3;/q2*-1;. The zero-order valence-electron chi connectivity index (χ0n) is 28.0. The van der Waals surface area contributed by atoms with Crippen molar-refractivity contribution in [3.05, 3.63) is 114 Å². The number of furan rings is 1. The molecule has 1 radical (unpaired) electrons. The molecule has 0 amide bonds. The molecule has 0 aliphatic heterocycles. The van der Waals surface area contributed by atoms with Gasteiger partial charge in [0.05, 0.1) is 13.7 Å². The Morgan fingerprint density at radius 2 is 1.66 bits per heavy atom. The Morgan fingerprint density at radius 1 is 0.872 bits per heavy atom. The van der Waals surface area contributed by atoms with Gasteiger partial charge in [0.1, 0.15) is 11.4 Å². The molecule has 1 saturated carbocycles. The van der Waals surface area contributed by atoms with E-state index in [-0.39, 0.29) is 25.9 Å². The third-order valence-corrected chi connectivity index (χ3v) is 10.9. The van der Waals surface area contributed by atoms with E-state index in [0.29, 0.717) is 11.5 Å². The van der Waals surface area contributed by atoms with Crippen LogP contribution in [0.15, 0.2) is 89.6 Å². The van der Waals surface area contributed by atoms with Crippen molar-refractivity contribution in [1.29, 1.82) is 0 Å². The fourth-order valence-electron chi connectivity index (χ4n) is 6.62. The van der Waals surface area contributed by atoms with E-state index in [9.17, 15) is 4.39 Å². The van der Waals surface area contributed by atoms with Gasteiger partial charge in [-0.1, -0.05) is 87.8 Å². The maximum atomic E-state index is 13.4. The summed E-state index contributed by atoms with van der Waals surface area (Å²) in [6.45, 7) is 11.7. The van der Waals surface area contributed by atoms with Crippen LogP contribution in [0.3, 0.4) is 0 Å². The third kappa shape index (κ3) is 8.54. The first-order valence-electron chi connectivity index (χ1n) is 16.6. The number of benzene rings is 3. The van der Waals surface area contributed by atoms with Crippen molar-refractivity contribution in [2.75, 3.05) is 0 Å². The molecule has 1 fully saturated rings. The summed E-state index contributed by atoms with van der Waals surface area (Å²) in [6, 6.07) is 29.7. The number of nitrogens with zero attached hydrogens (tertiary/aromatic N) is 2. The molecule has 0 saturated heterocycles. The number of pyridine rings is 2. The van der Waals surface area contributed by atoms with E-state index >= 15 is 0 Å². The van der Waals surface area contributed by atoms with Crippen molar-refractivity contribution in [2.24, 2.45) is 11.8 Å². The Balaban J connectivity index is 0.000000188. The summed E-state index contributed by atoms with van der Waals surface area (Å²) in [5, 5.41) is 3.38. The summed E-state index contributed by atoms with van der Waals surface area (Å²) in [5.74, 6) is 1.19. The molecule has 47 heavy (non-hydrogen) atoms. The van der Waals surface area contributed by atoms with Gasteiger partial charge in [-0.15, -0.1) is 59.7 Å². The number of aromatic nitrogens is 2. The van der Waals surface area contributed by atoms with Crippen LogP contribution < -0.4 is 5.19 Å². The summed E-state index contributed by atoms with van der Waals surface area (Å²) in [5.41, 5.74) is 8.10. The van der Waals surface area contributed by atoms with Gasteiger partial charge in [0.2, 0.25) is 0 Å². The molecule has 3 nitrogen and oxygen atoms in total. The minimum Gasteiger partial charge on any atom is -0.500 e. The van der Waals surface area contributed by atoms with Gasteiger partial charge in [-0.2, -0.15) is 0 Å². The minimum absolute atomic E-state index is 0. The normalized spacial score (nSPS) is 13.5. The second-order valence-electron chi connectivity index (χ2n) is 14.1. The van der Waals surface area contributed by atoms with Crippen molar-refractivity contribution in [3.8, 4) is 22.5 Å². The molecule has 3 aromatic heterocycles. The zero-order chi connectivity index (χ0) is 32.3. The summed E-state index contributed by atoms with van der Waals surface area (Å²) >= 11 is 0. The summed E-state index contributed by atoms with van der Waals surface area (Å²) in [7, 11) is -1.34. The van der Waals surface area contributed by atoms with E-state index in [1.165, 1.54) is 54.1 Å². The molecule has 6 heteroatoms. The average molecular weight is 819 g/mol. The molecule has 6 aromatic rings. The largest absolute Gasteiger partial charge is 0.500 e. The molecule has 3 heterocycles. The Kier molecular flexibility index (Phi) is 11.3. The van der Waals surface area contributed by atoms with Crippen LogP contribution in [0.25, 0.3) is 44.5 Å². The molecule has 0 spiro atoms. The predicted octanol–water partition coefficient (Wildman–Crippen LogP) is 10.6. The van der Waals surface area contributed by atoms with E-state index in [1.807, 2.05) is 36.5 Å². The zero-order valence-corrected chi connectivity index (χ0v) is 31.4. The first-order chi connectivity index (χ1) is 22.1. The van der Waals surface area contributed by atoms with Crippen LogP contribution in [0, 0.1) is 29.8 Å². The van der Waals surface area contributed by atoms with Gasteiger partial charge in [0.25, 0.3) is 0 Å². The van der Waals surface area contributed by atoms with Crippen molar-refractivity contribution >= 4 is 35.2 Å². The first kappa shape index (κ1) is 34.9. The molecule has 7 rings (SSSR count). The van der Waals surface area contributed by atoms with E-state index in [4.69, 9.17) is 4.42 Å². The average Bonchev–Trinajstić information content (AvgIpc) is 3.68. The van der Waals surface area contributed by atoms with Crippen LogP contribution in [0.5, 0.6) is 0 Å². The molecule has 245 valence electrons. The van der Waals surface area contributed by atoms with Gasteiger partial charge in [0.15, 0.2) is 0 Å². The van der Waals surface area contributed by atoms with Gasteiger partial charge < -0.3 is 14.4 Å². The maximum absolute atomic E-state index is 13.4. The summed E-state index contributed by atoms with van der Waals surface area (Å²) in [4.78, 5) is 9.23. The van der Waals surface area contributed by atoms with Crippen LogP contribution in [0.1, 0.15) is 50.7 Å². The van der Waals surface area contributed by atoms with Crippen molar-refractivity contribution < 1.29 is 28.9 Å². The van der Waals surface area contributed by atoms with Crippen molar-refractivity contribution in [1.82, 2.24) is 9.97 Å². The van der Waals surface area contributed by atoms with Gasteiger partial charge in [0, 0.05) is 44.0 Å². The molecule has 3 aromatic carbocycles. The summed E-state index contributed by atoms with van der Waals surface area (Å²) < 4.78 is 19.2. The van der Waals surface area contributed by atoms with Gasteiger partial charge in [-0.05, 0) is 59.5 Å². The molecule has 0 unspecified atom stereocenters. The molecule has 1 aliphatic carbocycles. The van der Waals surface area contributed by atoms with Crippen LogP contribution in [-0.2, 0) is 32.9 Å². The van der Waals surface area contributed by atoms with Crippen LogP contribution in [0.4, 0.5) is 4.39 Å². The van der Waals surface area contributed by atoms with E-state index in [1.54, 1.807) is 6.07 Å². The van der Waals surface area contributed by atoms with Crippen LogP contribution in [0.2, 0.25) is 19.6 Å². The van der Waals surface area contributed by atoms with Gasteiger partial charge in [-0.3, -0.25) is 0 Å². The number of hydrogen-bond donors (Lipinski definition) is 0. The first-order valence-corrected chi connectivity index (χ1v) is 20.1. The molecule has 0 N–H and O–H groups in total. The number of rotatable bonds is 7. The minimum atomic E-state index is -1.34. The number of halogens is 1. The van der Waals surface area contributed by atoms with Crippen LogP contribution in [-0.4, -0.2) is 18.0 Å². The smallest absolute Gasteiger partial charge is 0.126 e. The summed E-state index contributed by atoms with van der Waals surface area (Å²) in [6.07, 6.45) is 11.7. The van der Waals surface area contributed by atoms with Gasteiger partial charge >= 0.3 is 0 Å². The Morgan fingerprint density at radius 3 is 2.38 bits per heavy atom. The maximum Gasteiger partial charge on any atom is 0.126 e. The molecule has 0 atom stereocenters. The second kappa shape index (κ2) is 15.2. The fourth-order valence-corrected chi connectivity index (χ4v) is 8.21. The van der Waals surface area contributed by atoms with E-state index < -0.39 is 8.07 Å². The predicted molar refractivity (Wildman–Crippen MR) is 191 cm³/mol. The molecule has 1 aliphatic rings. The number of hydrogen-bond acceptors (Lipinski definition) is 3. The molecule has 0 bridgehead atoms. The molecular weight excluding hydrogens is 776 g/mol. The second-order valence-corrected chi connectivity index (χ2v) is 19.2. The van der Waals surface area contributed by atoms with E-state index in [2.05, 4.69) is 86.1 Å². The Bertz CT molecular complexity index is 1940. The Hall–Kier alpha value is -3.44. The van der Waals surface area contributed by atoms with Crippen molar-refractivity contribution in [2.45, 2.75) is 72.0 Å². The topological polar surface area (TPSA) is 38.9 Å². The quantitative estimate of drug-likeness (QED) is 0.119. The third-order valence-electron chi connectivity index (χ3n) is 8.88. The molecular formula is C41H43FIrN2OSi-2. The monoisotopic (exact) mass is 819 g/mol. The SMILES string of the molecule is CC(C)Cc1cc(-c2[c-]cccc2)ncc1[Si](C)(C)C.Fc1ccc2c(c1)oc1c[c-]c(-c3cc(CC4CCCC4)ccn3)cc12.[Ir]. The van der Waals surface area contributed by atoms with E-state index in [0.717, 1.165) is 57.6 Å².